The summed E-state index contributed by atoms with van der Waals surface area (Å²) in [7, 11) is 0. The van der Waals surface area contributed by atoms with Gasteiger partial charge in [-0.25, -0.2) is 4.39 Å². The van der Waals surface area contributed by atoms with Gasteiger partial charge in [0.25, 0.3) is 0 Å². The summed E-state index contributed by atoms with van der Waals surface area (Å²) in [6.07, 6.45) is 0.390. The van der Waals surface area contributed by atoms with Gasteiger partial charge in [0, 0.05) is 24.6 Å². The second-order valence-corrected chi connectivity index (χ2v) is 6.15. The molecule has 110 valence electrons. The third kappa shape index (κ3) is 2.70. The standard InChI is InChI=1S/C16H22FNO2/c1-11(19)12-8-9-18(10-12)15(20)16(2,3)13-6-4-5-7-14(13)17/h4-7,11-12,19H,8-10H2,1-3H3. The van der Waals surface area contributed by atoms with Crippen LogP contribution in [0.5, 0.6) is 0 Å². The summed E-state index contributed by atoms with van der Waals surface area (Å²) < 4.78 is 13.9. The Morgan fingerprint density at radius 2 is 2.10 bits per heavy atom. The number of carbonyl (C=O) groups excluding carboxylic acids is 1. The molecular formula is C16H22FNO2. The zero-order chi connectivity index (χ0) is 14.9. The molecule has 1 amide bonds. The van der Waals surface area contributed by atoms with Crippen LogP contribution in [-0.4, -0.2) is 35.1 Å². The van der Waals surface area contributed by atoms with E-state index < -0.39 is 11.5 Å². The monoisotopic (exact) mass is 279 g/mol. The van der Waals surface area contributed by atoms with Crippen molar-refractivity contribution in [3.63, 3.8) is 0 Å². The number of hydrogen-bond acceptors (Lipinski definition) is 2. The van der Waals surface area contributed by atoms with Gasteiger partial charge in [0.2, 0.25) is 5.91 Å². The first kappa shape index (κ1) is 15.0. The van der Waals surface area contributed by atoms with Gasteiger partial charge in [0.05, 0.1) is 11.5 Å². The molecule has 1 heterocycles. The first-order valence-electron chi connectivity index (χ1n) is 7.06. The lowest BCUT2D eigenvalue weighted by Crippen LogP contribution is -2.43. The Morgan fingerprint density at radius 1 is 1.45 bits per heavy atom. The molecule has 2 unspecified atom stereocenters. The van der Waals surface area contributed by atoms with Crippen LogP contribution in [0.3, 0.4) is 0 Å². The molecule has 0 bridgehead atoms. The minimum Gasteiger partial charge on any atom is -0.393 e. The van der Waals surface area contributed by atoms with Crippen LogP contribution in [0.2, 0.25) is 0 Å². The lowest BCUT2D eigenvalue weighted by atomic mass is 9.83. The van der Waals surface area contributed by atoms with Crippen molar-refractivity contribution >= 4 is 5.91 Å². The molecule has 0 aromatic heterocycles. The Labute approximate surface area is 119 Å². The molecule has 0 spiro atoms. The Morgan fingerprint density at radius 3 is 2.65 bits per heavy atom. The molecule has 3 nitrogen and oxygen atoms in total. The van der Waals surface area contributed by atoms with Gasteiger partial charge in [0.15, 0.2) is 0 Å². The van der Waals surface area contributed by atoms with E-state index in [2.05, 4.69) is 0 Å². The maximum atomic E-state index is 13.9. The topological polar surface area (TPSA) is 40.5 Å². The number of nitrogens with zero attached hydrogens (tertiary/aromatic N) is 1. The average molecular weight is 279 g/mol. The fraction of sp³-hybridized carbons (Fsp3) is 0.562. The number of likely N-dealkylation sites (tertiary alicyclic amines) is 1. The van der Waals surface area contributed by atoms with Crippen LogP contribution >= 0.6 is 0 Å². The van der Waals surface area contributed by atoms with Gasteiger partial charge >= 0.3 is 0 Å². The van der Waals surface area contributed by atoms with Gasteiger partial charge in [-0.1, -0.05) is 18.2 Å². The lowest BCUT2D eigenvalue weighted by Gasteiger charge is -2.30. The fourth-order valence-electron chi connectivity index (χ4n) is 2.84. The molecule has 1 aliphatic heterocycles. The van der Waals surface area contributed by atoms with Crippen LogP contribution < -0.4 is 0 Å². The molecule has 2 rings (SSSR count). The predicted octanol–water partition coefficient (Wildman–Crippen LogP) is 2.33. The van der Waals surface area contributed by atoms with Gasteiger partial charge in [-0.3, -0.25) is 4.79 Å². The van der Waals surface area contributed by atoms with E-state index in [0.717, 1.165) is 6.42 Å². The molecule has 2 atom stereocenters. The van der Waals surface area contributed by atoms with Gasteiger partial charge in [0.1, 0.15) is 5.82 Å². The van der Waals surface area contributed by atoms with E-state index in [1.54, 1.807) is 43.9 Å². The summed E-state index contributed by atoms with van der Waals surface area (Å²) in [6.45, 7) is 6.44. The van der Waals surface area contributed by atoms with Crippen molar-refractivity contribution in [1.82, 2.24) is 4.90 Å². The van der Waals surface area contributed by atoms with Crippen LogP contribution in [0.1, 0.15) is 32.8 Å². The Kier molecular flexibility index (Phi) is 4.14. The van der Waals surface area contributed by atoms with Gasteiger partial charge < -0.3 is 10.0 Å². The first-order valence-corrected chi connectivity index (χ1v) is 7.06. The fourth-order valence-corrected chi connectivity index (χ4v) is 2.84. The van der Waals surface area contributed by atoms with Crippen LogP contribution in [0, 0.1) is 11.7 Å². The zero-order valence-corrected chi connectivity index (χ0v) is 12.3. The second-order valence-electron chi connectivity index (χ2n) is 6.15. The average Bonchev–Trinajstić information content (AvgIpc) is 2.87. The largest absolute Gasteiger partial charge is 0.393 e. The number of aliphatic hydroxyl groups is 1. The van der Waals surface area contributed by atoms with E-state index in [9.17, 15) is 14.3 Å². The number of rotatable bonds is 3. The highest BCUT2D eigenvalue weighted by Crippen LogP contribution is 2.31. The number of halogens is 1. The second kappa shape index (κ2) is 5.52. The molecular weight excluding hydrogens is 257 g/mol. The Bertz CT molecular complexity index is 499. The first-order chi connectivity index (χ1) is 9.34. The van der Waals surface area contributed by atoms with Crippen molar-refractivity contribution in [2.24, 2.45) is 5.92 Å². The SMILES string of the molecule is CC(O)C1CCN(C(=O)C(C)(C)c2ccccc2F)C1. The van der Waals surface area contributed by atoms with Crippen LogP contribution in [0.25, 0.3) is 0 Å². The molecule has 20 heavy (non-hydrogen) atoms. The number of carbonyl (C=O) groups is 1. The number of benzene rings is 1. The zero-order valence-electron chi connectivity index (χ0n) is 12.3. The van der Waals surface area contributed by atoms with Crippen molar-refractivity contribution < 1.29 is 14.3 Å². The van der Waals surface area contributed by atoms with E-state index in [-0.39, 0.29) is 17.6 Å². The molecule has 0 saturated carbocycles. The number of aliphatic hydroxyl groups excluding tert-OH is 1. The lowest BCUT2D eigenvalue weighted by molar-refractivity contribution is -0.135. The molecule has 0 radical (unpaired) electrons. The van der Waals surface area contributed by atoms with Crippen molar-refractivity contribution in [3.05, 3.63) is 35.6 Å². The summed E-state index contributed by atoms with van der Waals surface area (Å²) >= 11 is 0. The van der Waals surface area contributed by atoms with Crippen molar-refractivity contribution in [1.29, 1.82) is 0 Å². The van der Waals surface area contributed by atoms with Crippen molar-refractivity contribution in [2.45, 2.75) is 38.7 Å². The number of hydrogen-bond donors (Lipinski definition) is 1. The number of amides is 1. The third-order valence-electron chi connectivity index (χ3n) is 4.28. The van der Waals surface area contributed by atoms with Crippen LogP contribution in [0.4, 0.5) is 4.39 Å². The summed E-state index contributed by atoms with van der Waals surface area (Å²) in [4.78, 5) is 14.4. The molecule has 1 fully saturated rings. The van der Waals surface area contributed by atoms with E-state index in [0.29, 0.717) is 18.7 Å². The maximum absolute atomic E-state index is 13.9. The minimum atomic E-state index is -0.890. The summed E-state index contributed by atoms with van der Waals surface area (Å²) in [5.74, 6) is -0.307. The van der Waals surface area contributed by atoms with Gasteiger partial charge in [-0.05, 0) is 33.3 Å². The maximum Gasteiger partial charge on any atom is 0.232 e. The molecule has 1 aromatic rings. The normalized spacial score (nSPS) is 21.1. The molecule has 0 aliphatic carbocycles. The van der Waals surface area contributed by atoms with Gasteiger partial charge in [-0.2, -0.15) is 0 Å². The minimum absolute atomic E-state index is 0.0780. The smallest absolute Gasteiger partial charge is 0.232 e. The molecule has 1 saturated heterocycles. The van der Waals surface area contributed by atoms with E-state index in [1.165, 1.54) is 6.07 Å². The highest BCUT2D eigenvalue weighted by Gasteiger charge is 2.39. The highest BCUT2D eigenvalue weighted by atomic mass is 19.1. The Balaban J connectivity index is 2.18. The Hall–Kier alpha value is -1.42. The predicted molar refractivity (Wildman–Crippen MR) is 75.8 cm³/mol. The van der Waals surface area contributed by atoms with Crippen LogP contribution in [0.15, 0.2) is 24.3 Å². The van der Waals surface area contributed by atoms with Gasteiger partial charge in [-0.15, -0.1) is 0 Å². The van der Waals surface area contributed by atoms with Crippen molar-refractivity contribution in [2.75, 3.05) is 13.1 Å². The quantitative estimate of drug-likeness (QED) is 0.922. The van der Waals surface area contributed by atoms with E-state index in [1.807, 2.05) is 0 Å². The van der Waals surface area contributed by atoms with Crippen LogP contribution in [-0.2, 0) is 10.2 Å². The molecule has 1 aromatic carbocycles. The summed E-state index contributed by atoms with van der Waals surface area (Å²) in [5.41, 5.74) is -0.468. The van der Waals surface area contributed by atoms with E-state index >= 15 is 0 Å². The highest BCUT2D eigenvalue weighted by molar-refractivity contribution is 5.87. The van der Waals surface area contributed by atoms with Crippen molar-refractivity contribution in [3.8, 4) is 0 Å². The molecule has 1 N–H and O–H groups in total. The third-order valence-corrected chi connectivity index (χ3v) is 4.28. The summed E-state index contributed by atoms with van der Waals surface area (Å²) in [6, 6.07) is 6.41. The summed E-state index contributed by atoms with van der Waals surface area (Å²) in [5, 5.41) is 9.62. The van der Waals surface area contributed by atoms with E-state index in [4.69, 9.17) is 0 Å². The molecule has 4 heteroatoms. The molecule has 1 aliphatic rings.